The van der Waals surface area contributed by atoms with Gasteiger partial charge in [0.15, 0.2) is 0 Å². The standard InChI is InChI=1S/C2H8N7Si9/c1-5-15-8-13-3-12-7(11-2)14-4-17(8)9-16-6(10)18(5)9/h3-4H,1-2H3. The molecule has 3 aliphatic rings. The molecule has 0 spiro atoms. The second-order valence-corrected chi connectivity index (χ2v) is 20.8. The van der Waals surface area contributed by atoms with Gasteiger partial charge < -0.3 is 29.1 Å². The molecular weight excluding hydrogens is 375 g/mol. The summed E-state index contributed by atoms with van der Waals surface area (Å²) in [7, 11) is 9.49. The lowest BCUT2D eigenvalue weighted by atomic mass is 11.6. The van der Waals surface area contributed by atoms with Gasteiger partial charge in [-0.3, -0.25) is 0 Å². The third-order valence-electron chi connectivity index (χ3n) is 2.41. The van der Waals surface area contributed by atoms with Crippen LogP contribution in [0.5, 0.6) is 0 Å². The zero-order chi connectivity index (χ0) is 12.7. The van der Waals surface area contributed by atoms with Gasteiger partial charge in [-0.25, -0.2) is 0 Å². The fourth-order valence-electron chi connectivity index (χ4n) is 1.60. The lowest BCUT2D eigenvalue weighted by molar-refractivity contribution is 0.554. The second-order valence-electron chi connectivity index (χ2n) is 3.53. The predicted octanol–water partition coefficient (Wildman–Crippen LogP) is -5.26. The van der Waals surface area contributed by atoms with Gasteiger partial charge in [-0.1, -0.05) is 6.55 Å². The molecule has 17 radical (unpaired) electrons. The minimum Gasteiger partial charge on any atom is -0.348 e. The zero-order valence-corrected chi connectivity index (χ0v) is 18.7. The average Bonchev–Trinajstić information content (AvgIpc) is 2.30. The van der Waals surface area contributed by atoms with Crippen LogP contribution < -0.4 is 9.30 Å². The van der Waals surface area contributed by atoms with Gasteiger partial charge in [0.05, 0.1) is 0 Å². The van der Waals surface area contributed by atoms with Crippen LogP contribution in [0.15, 0.2) is 0 Å². The summed E-state index contributed by atoms with van der Waals surface area (Å²) in [4.78, 5) is 0. The van der Waals surface area contributed by atoms with Gasteiger partial charge in [0.2, 0.25) is 49.2 Å². The largest absolute Gasteiger partial charge is 0.348 e. The summed E-state index contributed by atoms with van der Waals surface area (Å²) in [5.74, 6) is 0. The maximum absolute atomic E-state index is 3.85. The molecular formula is C2H8N7Si9. The molecule has 2 N–H and O–H groups in total. The van der Waals surface area contributed by atoms with Crippen LogP contribution in [-0.2, 0) is 0 Å². The van der Waals surface area contributed by atoms with Crippen molar-refractivity contribution in [2.75, 3.05) is 7.05 Å². The molecule has 0 bridgehead atoms. The Hall–Kier alpha value is 1.67. The van der Waals surface area contributed by atoms with E-state index in [-0.39, 0.29) is 0 Å². The Morgan fingerprint density at radius 3 is 2.78 bits per heavy atom. The molecule has 3 rings (SSSR count). The maximum atomic E-state index is 3.85. The minimum atomic E-state index is -0.694. The van der Waals surface area contributed by atoms with Gasteiger partial charge in [-0.05, 0) is 7.05 Å². The van der Waals surface area contributed by atoms with E-state index in [1.165, 1.54) is 0 Å². The second kappa shape index (κ2) is 6.20. The average molecular weight is 383 g/mol. The number of nitrogens with one attached hydrogen (secondary N) is 2. The molecule has 3 aliphatic heterocycles. The Balaban J connectivity index is 1.69. The molecule has 0 atom stereocenters. The van der Waals surface area contributed by atoms with Gasteiger partial charge in [0.1, 0.15) is 20.1 Å². The molecule has 0 unspecified atom stereocenters. The maximum Gasteiger partial charge on any atom is 0.295 e. The van der Waals surface area contributed by atoms with Gasteiger partial charge in [0, 0.05) is 0 Å². The van der Waals surface area contributed by atoms with E-state index in [0.29, 0.717) is 0 Å². The molecule has 3 saturated heterocycles. The summed E-state index contributed by atoms with van der Waals surface area (Å²) < 4.78 is 20.2. The van der Waals surface area contributed by atoms with E-state index >= 15 is 0 Å². The first-order chi connectivity index (χ1) is 8.70. The van der Waals surface area contributed by atoms with Crippen molar-refractivity contribution in [3.05, 3.63) is 0 Å². The van der Waals surface area contributed by atoms with Crippen LogP contribution in [0.25, 0.3) is 0 Å². The van der Waals surface area contributed by atoms with Crippen LogP contribution in [0.4, 0.5) is 0 Å². The van der Waals surface area contributed by atoms with E-state index in [1.807, 2.05) is 0 Å². The number of hydrogen-bond donors (Lipinski definition) is 2. The molecule has 18 heavy (non-hydrogen) atoms. The Labute approximate surface area is 130 Å². The van der Waals surface area contributed by atoms with Crippen molar-refractivity contribution in [2.45, 2.75) is 6.55 Å². The molecule has 0 aromatic rings. The SMILES string of the molecule is C[Si]N1[Si]N[Si]N2[Si]N(C)[Si]3N([Si])[Si]N3[Si]2N[Si]1. The Morgan fingerprint density at radius 2 is 2.06 bits per heavy atom. The fraction of sp³-hybridized carbons (Fsp3) is 1.00. The van der Waals surface area contributed by atoms with Gasteiger partial charge in [-0.2, -0.15) is 0 Å². The molecule has 0 aromatic carbocycles. The summed E-state index contributed by atoms with van der Waals surface area (Å²) in [6.07, 6.45) is 0. The van der Waals surface area contributed by atoms with Gasteiger partial charge in [0.25, 0.3) is 18.6 Å². The van der Waals surface area contributed by atoms with E-state index < -0.39 is 18.6 Å². The van der Waals surface area contributed by atoms with Gasteiger partial charge >= 0.3 is 0 Å². The number of nitrogens with zero attached hydrogens (tertiary/aromatic N) is 5. The highest BCUT2D eigenvalue weighted by Crippen LogP contribution is 2.18. The van der Waals surface area contributed by atoms with E-state index in [0.717, 1.165) is 58.9 Å². The Bertz CT molecular complexity index is 305. The molecule has 3 heterocycles. The lowest BCUT2D eigenvalue weighted by Crippen LogP contribution is -2.90. The monoisotopic (exact) mass is 382 g/mol. The summed E-state index contributed by atoms with van der Waals surface area (Å²) in [6, 6.07) is 0. The van der Waals surface area contributed by atoms with Crippen LogP contribution in [0.3, 0.4) is 0 Å². The topological polar surface area (TPSA) is 40.3 Å². The summed E-state index contributed by atoms with van der Waals surface area (Å²) in [5.41, 5.74) is 0. The predicted molar refractivity (Wildman–Crippen MR) is 79.0 cm³/mol. The van der Waals surface area contributed by atoms with Crippen LogP contribution >= 0.6 is 0 Å². The molecule has 16 heteroatoms. The summed E-state index contributed by atoms with van der Waals surface area (Å²) >= 11 is 0. The smallest absolute Gasteiger partial charge is 0.295 e. The first-order valence-electron chi connectivity index (χ1n) is 5.08. The van der Waals surface area contributed by atoms with Crippen LogP contribution in [0.2, 0.25) is 6.55 Å². The highest BCUT2D eigenvalue weighted by Gasteiger charge is 2.53. The first kappa shape index (κ1) is 14.6. The molecule has 3 fully saturated rings. The van der Waals surface area contributed by atoms with Crippen LogP contribution in [0, 0.1) is 0 Å². The van der Waals surface area contributed by atoms with Crippen LogP contribution in [0.1, 0.15) is 0 Å². The van der Waals surface area contributed by atoms with Gasteiger partial charge in [-0.15, -0.1) is 0 Å². The number of rotatable bonds is 1. The zero-order valence-electron chi connectivity index (χ0n) is 9.74. The highest BCUT2D eigenvalue weighted by molar-refractivity contribution is 7.00. The van der Waals surface area contributed by atoms with Crippen molar-refractivity contribution < 1.29 is 0 Å². The fourth-order valence-corrected chi connectivity index (χ4v) is 26.6. The first-order valence-corrected chi connectivity index (χ1v) is 14.3. The van der Waals surface area contributed by atoms with E-state index in [2.05, 4.69) is 53.1 Å². The van der Waals surface area contributed by atoms with E-state index in [9.17, 15) is 0 Å². The summed E-state index contributed by atoms with van der Waals surface area (Å²) in [5, 5.41) is 0. The molecule has 0 saturated carbocycles. The lowest BCUT2D eigenvalue weighted by Gasteiger charge is -2.58. The molecule has 87 valence electrons. The van der Waals surface area contributed by atoms with Crippen LogP contribution in [-0.4, -0.2) is 115 Å². The van der Waals surface area contributed by atoms with Crippen molar-refractivity contribution in [1.29, 1.82) is 0 Å². The normalized spacial score (nSPS) is 31.5. The Kier molecular flexibility index (Phi) is 5.03. The van der Waals surface area contributed by atoms with Crippen molar-refractivity contribution in [1.82, 2.24) is 29.1 Å². The van der Waals surface area contributed by atoms with E-state index in [1.54, 1.807) is 0 Å². The van der Waals surface area contributed by atoms with Crippen molar-refractivity contribution in [2.24, 2.45) is 0 Å². The minimum absolute atomic E-state index is 0.619. The number of fused-ring (bicyclic) bond motifs is 3. The van der Waals surface area contributed by atoms with Crippen molar-refractivity contribution in [3.63, 3.8) is 0 Å². The third kappa shape index (κ3) is 2.70. The molecule has 0 amide bonds. The summed E-state index contributed by atoms with van der Waals surface area (Å²) in [6.45, 7) is 2.26. The Morgan fingerprint density at radius 1 is 1.22 bits per heavy atom. The number of hydrogen-bond acceptors (Lipinski definition) is 7. The highest BCUT2D eigenvalue weighted by atomic mass is 28.5. The molecule has 0 aliphatic carbocycles. The quantitative estimate of drug-likeness (QED) is 0.439. The van der Waals surface area contributed by atoms with E-state index in [4.69, 9.17) is 0 Å². The molecule has 0 aromatic heterocycles. The van der Waals surface area contributed by atoms with Crippen molar-refractivity contribution in [3.8, 4) is 0 Å². The van der Waals surface area contributed by atoms with Crippen molar-refractivity contribution >= 4 is 87.9 Å². The molecule has 7 nitrogen and oxygen atoms in total. The third-order valence-corrected chi connectivity index (χ3v) is 19.9.